The summed E-state index contributed by atoms with van der Waals surface area (Å²) in [5.41, 5.74) is 1.72. The van der Waals surface area contributed by atoms with Crippen LogP contribution in [0, 0.1) is 0 Å². The number of alkyl halides is 3. The molecule has 0 radical (unpaired) electrons. The fourth-order valence-corrected chi connectivity index (χ4v) is 4.51. The van der Waals surface area contributed by atoms with Crippen molar-refractivity contribution in [2.24, 2.45) is 0 Å². The van der Waals surface area contributed by atoms with Crippen molar-refractivity contribution in [1.29, 1.82) is 0 Å². The molecule has 3 aromatic rings. The van der Waals surface area contributed by atoms with Crippen molar-refractivity contribution in [2.75, 3.05) is 13.1 Å². The fourth-order valence-electron chi connectivity index (χ4n) is 4.51. The molecular weight excluding hydrogens is 467 g/mol. The Morgan fingerprint density at radius 2 is 1.69 bits per heavy atom. The van der Waals surface area contributed by atoms with Gasteiger partial charge in [-0.3, -0.25) is 14.6 Å². The number of hydrogen-bond acceptors (Lipinski definition) is 3. The van der Waals surface area contributed by atoms with Crippen molar-refractivity contribution < 1.29 is 22.8 Å². The molecule has 0 aliphatic carbocycles. The van der Waals surface area contributed by atoms with E-state index in [-0.39, 0.29) is 37.4 Å². The fraction of sp³-hybridized carbons (Fsp3) is 0.321. The van der Waals surface area contributed by atoms with Crippen LogP contribution in [0.25, 0.3) is 0 Å². The Hall–Kier alpha value is -3.68. The van der Waals surface area contributed by atoms with Crippen LogP contribution in [0.5, 0.6) is 0 Å². The first-order chi connectivity index (χ1) is 17.3. The number of aromatic nitrogens is 1. The predicted molar refractivity (Wildman–Crippen MR) is 130 cm³/mol. The lowest BCUT2D eigenvalue weighted by atomic mass is 10.00. The molecule has 5 nitrogen and oxygen atoms in total. The highest BCUT2D eigenvalue weighted by molar-refractivity contribution is 5.86. The maximum atomic E-state index is 13.2. The van der Waals surface area contributed by atoms with Gasteiger partial charge in [0, 0.05) is 31.9 Å². The third kappa shape index (κ3) is 6.71. The summed E-state index contributed by atoms with van der Waals surface area (Å²) >= 11 is 0. The third-order valence-electron chi connectivity index (χ3n) is 6.44. The molecular formula is C28H28F3N3O2. The van der Waals surface area contributed by atoms with Gasteiger partial charge in [0.15, 0.2) is 0 Å². The van der Waals surface area contributed by atoms with E-state index >= 15 is 0 Å². The van der Waals surface area contributed by atoms with Crippen LogP contribution in [0.3, 0.4) is 0 Å². The van der Waals surface area contributed by atoms with Crippen LogP contribution in [0.4, 0.5) is 13.2 Å². The van der Waals surface area contributed by atoms with E-state index in [4.69, 9.17) is 0 Å². The quantitative estimate of drug-likeness (QED) is 0.447. The number of carbonyl (C=O) groups excluding carboxylic acids is 2. The second kappa shape index (κ2) is 11.4. The molecule has 36 heavy (non-hydrogen) atoms. The molecule has 1 aliphatic heterocycles. The predicted octanol–water partition coefficient (Wildman–Crippen LogP) is 4.91. The minimum atomic E-state index is -4.45. The lowest BCUT2D eigenvalue weighted by molar-refractivity contribution is -0.149. The van der Waals surface area contributed by atoms with Crippen LogP contribution >= 0.6 is 0 Å². The summed E-state index contributed by atoms with van der Waals surface area (Å²) in [6, 6.07) is 18.3. The monoisotopic (exact) mass is 495 g/mol. The number of halogens is 3. The molecule has 2 amide bonds. The Morgan fingerprint density at radius 1 is 0.944 bits per heavy atom. The van der Waals surface area contributed by atoms with Gasteiger partial charge in [-0.1, -0.05) is 48.5 Å². The van der Waals surface area contributed by atoms with Crippen molar-refractivity contribution >= 4 is 11.8 Å². The number of benzene rings is 2. The lowest BCUT2D eigenvalue weighted by Crippen LogP contribution is -2.57. The lowest BCUT2D eigenvalue weighted by Gasteiger charge is -2.41. The van der Waals surface area contributed by atoms with Crippen molar-refractivity contribution in [3.8, 4) is 0 Å². The number of amides is 2. The summed E-state index contributed by atoms with van der Waals surface area (Å²) in [5.74, 6) is -0.373. The zero-order valence-corrected chi connectivity index (χ0v) is 19.8. The minimum absolute atomic E-state index is 0.0694. The molecule has 188 valence electrons. The first-order valence-corrected chi connectivity index (χ1v) is 12.0. The van der Waals surface area contributed by atoms with E-state index in [0.717, 1.165) is 23.3 Å². The average molecular weight is 496 g/mol. The number of aryl methyl sites for hydroxylation is 2. The number of pyridine rings is 1. The van der Waals surface area contributed by atoms with Gasteiger partial charge in [0.2, 0.25) is 11.8 Å². The molecule has 0 saturated carbocycles. The summed E-state index contributed by atoms with van der Waals surface area (Å²) < 4.78 is 39.6. The van der Waals surface area contributed by atoms with Gasteiger partial charge in [-0.2, -0.15) is 13.2 Å². The van der Waals surface area contributed by atoms with Gasteiger partial charge in [-0.15, -0.1) is 0 Å². The van der Waals surface area contributed by atoms with Crippen molar-refractivity contribution in [3.63, 3.8) is 0 Å². The molecule has 2 aromatic carbocycles. The van der Waals surface area contributed by atoms with Crippen LogP contribution < -0.4 is 0 Å². The van der Waals surface area contributed by atoms with E-state index < -0.39 is 11.7 Å². The summed E-state index contributed by atoms with van der Waals surface area (Å²) in [6.07, 6.45) is 1.01. The summed E-state index contributed by atoms with van der Waals surface area (Å²) in [5, 5.41) is 0. The Labute approximate surface area is 208 Å². The molecule has 1 saturated heterocycles. The van der Waals surface area contributed by atoms with Gasteiger partial charge in [0.05, 0.1) is 18.2 Å². The first kappa shape index (κ1) is 25.4. The van der Waals surface area contributed by atoms with Crippen molar-refractivity contribution in [3.05, 3.63) is 101 Å². The maximum absolute atomic E-state index is 13.2. The van der Waals surface area contributed by atoms with E-state index in [9.17, 15) is 22.8 Å². The molecule has 0 bridgehead atoms. The van der Waals surface area contributed by atoms with Crippen LogP contribution in [0.15, 0.2) is 79.1 Å². The first-order valence-electron chi connectivity index (χ1n) is 12.0. The Bertz CT molecular complexity index is 1170. The molecule has 4 rings (SSSR count). The van der Waals surface area contributed by atoms with Crippen LogP contribution in [-0.2, 0) is 35.2 Å². The molecule has 0 N–H and O–H groups in total. The SMILES string of the molecule is O=C(CCc1cccnc1)N1CC(=O)N(Cc2cccc(C(F)(F)F)c2)[C@@H](CCc2ccccc2)C1. The zero-order valence-electron chi connectivity index (χ0n) is 19.8. The minimum Gasteiger partial charge on any atom is -0.332 e. The van der Waals surface area contributed by atoms with E-state index in [0.29, 0.717) is 31.4 Å². The van der Waals surface area contributed by atoms with Gasteiger partial charge in [0.1, 0.15) is 0 Å². The second-order valence-electron chi connectivity index (χ2n) is 9.03. The number of rotatable bonds is 8. The normalized spacial score (nSPS) is 16.3. The number of piperazine rings is 1. The number of carbonyl (C=O) groups is 2. The smallest absolute Gasteiger partial charge is 0.332 e. The molecule has 1 atom stereocenters. The average Bonchev–Trinajstić information content (AvgIpc) is 2.88. The van der Waals surface area contributed by atoms with E-state index in [1.807, 2.05) is 42.5 Å². The van der Waals surface area contributed by atoms with Gasteiger partial charge in [0.25, 0.3) is 0 Å². The maximum Gasteiger partial charge on any atom is 0.416 e. The zero-order chi connectivity index (χ0) is 25.5. The van der Waals surface area contributed by atoms with Crippen molar-refractivity contribution in [2.45, 2.75) is 44.4 Å². The van der Waals surface area contributed by atoms with Crippen LogP contribution in [0.1, 0.15) is 35.1 Å². The highest BCUT2D eigenvalue weighted by atomic mass is 19.4. The highest BCUT2D eigenvalue weighted by Crippen LogP contribution is 2.30. The Kier molecular flexibility index (Phi) is 8.03. The Balaban J connectivity index is 1.48. The second-order valence-corrected chi connectivity index (χ2v) is 9.03. The van der Waals surface area contributed by atoms with Crippen LogP contribution in [0.2, 0.25) is 0 Å². The highest BCUT2D eigenvalue weighted by Gasteiger charge is 2.35. The molecule has 0 spiro atoms. The van der Waals surface area contributed by atoms with E-state index in [1.54, 1.807) is 28.3 Å². The topological polar surface area (TPSA) is 53.5 Å². The summed E-state index contributed by atoms with van der Waals surface area (Å²) in [4.78, 5) is 33.4. The molecule has 1 aliphatic rings. The molecule has 2 heterocycles. The van der Waals surface area contributed by atoms with Gasteiger partial charge in [-0.25, -0.2) is 0 Å². The van der Waals surface area contributed by atoms with E-state index in [1.165, 1.54) is 6.07 Å². The largest absolute Gasteiger partial charge is 0.416 e. The Morgan fingerprint density at radius 3 is 2.42 bits per heavy atom. The summed E-state index contributed by atoms with van der Waals surface area (Å²) in [7, 11) is 0. The summed E-state index contributed by atoms with van der Waals surface area (Å²) in [6.45, 7) is 0.343. The number of hydrogen-bond donors (Lipinski definition) is 0. The van der Waals surface area contributed by atoms with Crippen molar-refractivity contribution in [1.82, 2.24) is 14.8 Å². The van der Waals surface area contributed by atoms with Gasteiger partial charge in [-0.05, 0) is 54.2 Å². The standard InChI is InChI=1S/C28H28F3N3O2/c29-28(30,31)24-10-4-8-23(16-24)18-34-25(13-11-21-6-2-1-3-7-21)19-33(20-27(34)36)26(35)14-12-22-9-5-15-32-17-22/h1-10,15-17,25H,11-14,18-20H2/t25-/m0/s1. The molecule has 8 heteroatoms. The molecule has 0 unspecified atom stereocenters. The van der Waals surface area contributed by atoms with E-state index in [2.05, 4.69) is 4.98 Å². The van der Waals surface area contributed by atoms with Gasteiger partial charge < -0.3 is 9.80 Å². The molecule has 1 aromatic heterocycles. The van der Waals surface area contributed by atoms with Gasteiger partial charge >= 0.3 is 6.18 Å². The third-order valence-corrected chi connectivity index (χ3v) is 6.44. The number of nitrogens with zero attached hydrogens (tertiary/aromatic N) is 3. The van der Waals surface area contributed by atoms with Crippen LogP contribution in [-0.4, -0.2) is 45.7 Å². The molecule has 1 fully saturated rings.